The van der Waals surface area contributed by atoms with Gasteiger partial charge in [0.25, 0.3) is 0 Å². The first-order valence-electron chi connectivity index (χ1n) is 8.68. The average Bonchev–Trinajstić information content (AvgIpc) is 2.62. The molecule has 0 aliphatic heterocycles. The van der Waals surface area contributed by atoms with Crippen LogP contribution >= 0.6 is 0 Å². The molecule has 0 radical (unpaired) electrons. The topological polar surface area (TPSA) is 82.1 Å². The molecular weight excluding hydrogens is 382 g/mol. The molecular formula is C20H25NO6S. The lowest BCUT2D eigenvalue weighted by molar-refractivity contribution is -0.0741. The Bertz CT molecular complexity index is 890. The van der Waals surface area contributed by atoms with Crippen LogP contribution in [0.2, 0.25) is 0 Å². The Kier molecular flexibility index (Phi) is 7.17. The quantitative estimate of drug-likeness (QED) is 0.648. The summed E-state index contributed by atoms with van der Waals surface area (Å²) >= 11 is 0. The minimum absolute atomic E-state index is 0.0614. The van der Waals surface area contributed by atoms with Crippen LogP contribution in [0.5, 0.6) is 0 Å². The van der Waals surface area contributed by atoms with Gasteiger partial charge in [-0.1, -0.05) is 42.5 Å². The molecule has 2 rings (SSSR count). The van der Waals surface area contributed by atoms with E-state index in [2.05, 4.69) is 0 Å². The van der Waals surface area contributed by atoms with Gasteiger partial charge in [-0.15, -0.1) is 4.28 Å². The third kappa shape index (κ3) is 6.33. The van der Waals surface area contributed by atoms with Crippen molar-refractivity contribution in [3.63, 3.8) is 0 Å². The van der Waals surface area contributed by atoms with Crippen molar-refractivity contribution in [3.05, 3.63) is 65.7 Å². The van der Waals surface area contributed by atoms with E-state index in [1.165, 1.54) is 12.1 Å². The van der Waals surface area contributed by atoms with Crippen LogP contribution in [0.1, 0.15) is 31.9 Å². The second-order valence-electron chi connectivity index (χ2n) is 7.06. The lowest BCUT2D eigenvalue weighted by atomic mass is 10.1. The molecule has 0 saturated heterocycles. The Balaban J connectivity index is 2.34. The van der Waals surface area contributed by atoms with Crippen LogP contribution in [0.15, 0.2) is 59.5 Å². The van der Waals surface area contributed by atoms with E-state index in [0.29, 0.717) is 17.2 Å². The molecule has 2 aromatic carbocycles. The number of hydroxylamine groups is 2. The maximum atomic E-state index is 12.6. The van der Waals surface area contributed by atoms with Gasteiger partial charge in [-0.25, -0.2) is 4.79 Å². The summed E-state index contributed by atoms with van der Waals surface area (Å²) in [6.07, 6.45) is -0.903. The van der Waals surface area contributed by atoms with Gasteiger partial charge in [-0.3, -0.25) is 0 Å². The summed E-state index contributed by atoms with van der Waals surface area (Å²) in [7, 11) is -2.66. The number of carbonyl (C=O) groups excluding carboxylic acids is 1. The molecule has 0 spiro atoms. The molecule has 8 heteroatoms. The summed E-state index contributed by atoms with van der Waals surface area (Å²) in [6.45, 7) is 5.25. The maximum Gasteiger partial charge on any atom is 0.435 e. The van der Waals surface area contributed by atoms with Crippen LogP contribution in [-0.4, -0.2) is 32.3 Å². The Morgan fingerprint density at radius 2 is 1.54 bits per heavy atom. The summed E-state index contributed by atoms with van der Waals surface area (Å²) < 4.78 is 40.9. The van der Waals surface area contributed by atoms with Crippen molar-refractivity contribution in [3.8, 4) is 0 Å². The molecule has 0 N–H and O–H groups in total. The number of rotatable bonds is 7. The van der Waals surface area contributed by atoms with Crippen LogP contribution in [0.25, 0.3) is 0 Å². The molecule has 7 nitrogen and oxygen atoms in total. The van der Waals surface area contributed by atoms with Gasteiger partial charge in [-0.05, 0) is 44.0 Å². The monoisotopic (exact) mass is 407 g/mol. The number of benzene rings is 2. The fraction of sp³-hybridized carbons (Fsp3) is 0.350. The highest BCUT2D eigenvalue weighted by Crippen LogP contribution is 2.20. The lowest BCUT2D eigenvalue weighted by Gasteiger charge is -2.26. The number of carbonyl (C=O) groups is 1. The summed E-state index contributed by atoms with van der Waals surface area (Å²) in [4.78, 5) is 12.6. The van der Waals surface area contributed by atoms with Gasteiger partial charge < -0.3 is 9.47 Å². The largest absolute Gasteiger partial charge is 0.442 e. The third-order valence-electron chi connectivity index (χ3n) is 3.55. The predicted molar refractivity (Wildman–Crippen MR) is 104 cm³/mol. The Morgan fingerprint density at radius 1 is 0.964 bits per heavy atom. The van der Waals surface area contributed by atoms with Gasteiger partial charge in [0.2, 0.25) is 0 Å². The van der Waals surface area contributed by atoms with Crippen molar-refractivity contribution in [2.45, 2.75) is 44.4 Å². The minimum atomic E-state index is -4.21. The molecule has 0 aromatic heterocycles. The van der Waals surface area contributed by atoms with E-state index in [0.717, 1.165) is 5.56 Å². The molecule has 0 saturated carbocycles. The molecule has 0 atom stereocenters. The molecule has 2 aromatic rings. The third-order valence-corrected chi connectivity index (χ3v) is 4.78. The van der Waals surface area contributed by atoms with E-state index in [-0.39, 0.29) is 11.4 Å². The molecule has 0 bridgehead atoms. The fourth-order valence-electron chi connectivity index (χ4n) is 2.35. The SMILES string of the molecule is COCc1ccccc1CN(OS(=O)(=O)c1ccccc1)C(=O)OC(C)(C)C. The smallest absolute Gasteiger partial charge is 0.435 e. The zero-order chi connectivity index (χ0) is 20.8. The highest BCUT2D eigenvalue weighted by atomic mass is 32.2. The van der Waals surface area contributed by atoms with Crippen LogP contribution in [0.3, 0.4) is 0 Å². The van der Waals surface area contributed by atoms with Crippen molar-refractivity contribution >= 4 is 16.2 Å². The molecule has 0 fully saturated rings. The maximum absolute atomic E-state index is 12.6. The molecule has 0 unspecified atom stereocenters. The van der Waals surface area contributed by atoms with E-state index >= 15 is 0 Å². The molecule has 28 heavy (non-hydrogen) atoms. The number of hydrogen-bond acceptors (Lipinski definition) is 6. The molecule has 1 amide bonds. The van der Waals surface area contributed by atoms with Crippen LogP contribution in [-0.2, 0) is 37.0 Å². The van der Waals surface area contributed by atoms with Gasteiger partial charge in [0.15, 0.2) is 0 Å². The fourth-order valence-corrected chi connectivity index (χ4v) is 3.27. The van der Waals surface area contributed by atoms with Crippen molar-refractivity contribution < 1.29 is 27.0 Å². The van der Waals surface area contributed by atoms with Gasteiger partial charge in [-0.2, -0.15) is 13.5 Å². The van der Waals surface area contributed by atoms with E-state index in [9.17, 15) is 13.2 Å². The number of methoxy groups -OCH3 is 1. The first kappa shape index (κ1) is 21.9. The van der Waals surface area contributed by atoms with Crippen LogP contribution in [0.4, 0.5) is 4.79 Å². The zero-order valence-corrected chi connectivity index (χ0v) is 17.2. The highest BCUT2D eigenvalue weighted by molar-refractivity contribution is 7.86. The Labute approximate surface area is 165 Å². The number of hydrogen-bond donors (Lipinski definition) is 0. The van der Waals surface area contributed by atoms with Crippen molar-refractivity contribution in [2.24, 2.45) is 0 Å². The number of ether oxygens (including phenoxy) is 2. The summed E-state index contributed by atoms with van der Waals surface area (Å²) in [5.74, 6) is 0. The zero-order valence-electron chi connectivity index (χ0n) is 16.4. The first-order chi connectivity index (χ1) is 13.1. The molecule has 152 valence electrons. The van der Waals surface area contributed by atoms with E-state index in [1.54, 1.807) is 58.2 Å². The first-order valence-corrected chi connectivity index (χ1v) is 10.1. The van der Waals surface area contributed by atoms with Crippen molar-refractivity contribution in [1.82, 2.24) is 5.06 Å². The molecule has 0 heterocycles. The van der Waals surface area contributed by atoms with E-state index in [1.807, 2.05) is 12.1 Å². The Hall–Kier alpha value is -2.42. The van der Waals surface area contributed by atoms with E-state index < -0.39 is 21.8 Å². The number of nitrogens with zero attached hydrogens (tertiary/aromatic N) is 1. The average molecular weight is 407 g/mol. The number of amides is 1. The van der Waals surface area contributed by atoms with Gasteiger partial charge in [0.05, 0.1) is 18.0 Å². The van der Waals surface area contributed by atoms with Gasteiger partial charge in [0.1, 0.15) is 5.60 Å². The summed E-state index contributed by atoms with van der Waals surface area (Å²) in [5.41, 5.74) is 0.666. The Morgan fingerprint density at radius 3 is 2.11 bits per heavy atom. The lowest BCUT2D eigenvalue weighted by Crippen LogP contribution is -2.38. The van der Waals surface area contributed by atoms with Crippen molar-refractivity contribution in [2.75, 3.05) is 7.11 Å². The summed E-state index contributed by atoms with van der Waals surface area (Å²) in [5, 5.41) is 0.710. The molecule has 0 aliphatic carbocycles. The standard InChI is InChI=1S/C20H25NO6S/c1-20(2,3)26-19(22)21(14-16-10-8-9-11-17(16)15-25-4)27-28(23,24)18-12-6-5-7-13-18/h5-13H,14-15H2,1-4H3. The van der Waals surface area contributed by atoms with Crippen LogP contribution in [0, 0.1) is 0 Å². The van der Waals surface area contributed by atoms with Gasteiger partial charge >= 0.3 is 16.2 Å². The van der Waals surface area contributed by atoms with Gasteiger partial charge in [0, 0.05) is 7.11 Å². The van der Waals surface area contributed by atoms with Crippen molar-refractivity contribution in [1.29, 1.82) is 0 Å². The second-order valence-corrected chi connectivity index (χ2v) is 8.59. The van der Waals surface area contributed by atoms with Crippen LogP contribution < -0.4 is 0 Å². The summed E-state index contributed by atoms with van der Waals surface area (Å²) in [6, 6.07) is 14.8. The van der Waals surface area contributed by atoms with E-state index in [4.69, 9.17) is 13.8 Å². The predicted octanol–water partition coefficient (Wildman–Crippen LogP) is 3.89. The normalized spacial score (nSPS) is 11.9. The minimum Gasteiger partial charge on any atom is -0.442 e. The second kappa shape index (κ2) is 9.18. The highest BCUT2D eigenvalue weighted by Gasteiger charge is 2.29. The molecule has 0 aliphatic rings.